The van der Waals surface area contributed by atoms with E-state index in [2.05, 4.69) is 0 Å². The average molecular weight is 246 g/mol. The molecule has 0 aromatic heterocycles. The largest absolute Gasteiger partial charge is 0.481 e. The Hall–Kier alpha value is -2.16. The number of benzene rings is 2. The van der Waals surface area contributed by atoms with Gasteiger partial charge in [-0.15, -0.1) is 0 Å². The van der Waals surface area contributed by atoms with Gasteiger partial charge in [-0.05, 0) is 11.6 Å². The third kappa shape index (κ3) is 4.37. The number of halogens is 1. The highest BCUT2D eigenvalue weighted by molar-refractivity contribution is 5.66. The zero-order chi connectivity index (χ0) is 13.4. The number of aliphatic carboxylic acids is 1. The quantitative estimate of drug-likeness (QED) is 0.870. The maximum Gasteiger partial charge on any atom is 0.303 e. The van der Waals surface area contributed by atoms with Gasteiger partial charge in [0.25, 0.3) is 0 Å². The first-order valence-corrected chi connectivity index (χ1v) is 5.67. The van der Waals surface area contributed by atoms with E-state index in [9.17, 15) is 9.18 Å². The van der Waals surface area contributed by atoms with Crippen molar-refractivity contribution in [3.63, 3.8) is 0 Å². The summed E-state index contributed by atoms with van der Waals surface area (Å²) < 4.78 is 13.3. The van der Waals surface area contributed by atoms with Gasteiger partial charge in [-0.25, -0.2) is 4.39 Å². The van der Waals surface area contributed by atoms with Gasteiger partial charge < -0.3 is 5.11 Å². The summed E-state index contributed by atoms with van der Waals surface area (Å²) >= 11 is 0. The Labute approximate surface area is 106 Å². The van der Waals surface area contributed by atoms with Crippen LogP contribution in [0, 0.1) is 5.82 Å². The second-order valence-corrected chi connectivity index (χ2v) is 3.59. The van der Waals surface area contributed by atoms with Gasteiger partial charge in [0.15, 0.2) is 0 Å². The van der Waals surface area contributed by atoms with E-state index >= 15 is 0 Å². The van der Waals surface area contributed by atoms with E-state index < -0.39 is 5.97 Å². The van der Waals surface area contributed by atoms with Gasteiger partial charge in [-0.2, -0.15) is 0 Å². The van der Waals surface area contributed by atoms with Crippen molar-refractivity contribution >= 4 is 5.97 Å². The zero-order valence-corrected chi connectivity index (χ0v) is 10.1. The summed E-state index contributed by atoms with van der Waals surface area (Å²) in [5.74, 6) is -0.918. The smallest absolute Gasteiger partial charge is 0.303 e. The Kier molecular flexibility index (Phi) is 5.58. The van der Waals surface area contributed by atoms with E-state index in [1.165, 1.54) is 6.07 Å². The summed E-state index contributed by atoms with van der Waals surface area (Å²) in [6.07, 6.45) is 0.222. The molecule has 0 aliphatic heterocycles. The Morgan fingerprint density at radius 2 is 1.56 bits per heavy atom. The molecule has 3 heteroatoms. The molecule has 94 valence electrons. The molecule has 0 aliphatic carbocycles. The van der Waals surface area contributed by atoms with E-state index in [-0.39, 0.29) is 12.2 Å². The van der Waals surface area contributed by atoms with Crippen LogP contribution in [0.4, 0.5) is 4.39 Å². The summed E-state index contributed by atoms with van der Waals surface area (Å²) in [6.45, 7) is 1.60. The second kappa shape index (κ2) is 7.22. The van der Waals surface area contributed by atoms with Gasteiger partial charge in [0.2, 0.25) is 0 Å². The first kappa shape index (κ1) is 13.9. The predicted octanol–water partition coefficient (Wildman–Crippen LogP) is 3.97. The number of carboxylic acids is 1. The third-order valence-electron chi connectivity index (χ3n) is 2.26. The number of rotatable bonds is 2. The lowest BCUT2D eigenvalue weighted by Crippen LogP contribution is -1.86. The molecule has 0 saturated carbocycles. The fourth-order valence-corrected chi connectivity index (χ4v) is 1.31. The topological polar surface area (TPSA) is 37.3 Å². The van der Waals surface area contributed by atoms with Crippen molar-refractivity contribution in [2.24, 2.45) is 0 Å². The van der Waals surface area contributed by atoms with Crippen molar-refractivity contribution < 1.29 is 14.3 Å². The fourth-order valence-electron chi connectivity index (χ4n) is 1.31. The van der Waals surface area contributed by atoms with Crippen LogP contribution in [-0.4, -0.2) is 11.1 Å². The molecule has 0 spiro atoms. The lowest BCUT2D eigenvalue weighted by Gasteiger charge is -2.01. The van der Waals surface area contributed by atoms with E-state index in [0.29, 0.717) is 5.56 Å². The molecule has 0 aliphatic rings. The van der Waals surface area contributed by atoms with Gasteiger partial charge in [-0.1, -0.05) is 55.5 Å². The number of hydrogen-bond donors (Lipinski definition) is 1. The average Bonchev–Trinajstić information content (AvgIpc) is 2.41. The summed E-state index contributed by atoms with van der Waals surface area (Å²) in [4.78, 5) is 9.37. The Bertz CT molecular complexity index is 495. The van der Waals surface area contributed by atoms with Crippen LogP contribution in [0.3, 0.4) is 0 Å². The van der Waals surface area contributed by atoms with E-state index in [0.717, 1.165) is 5.56 Å². The number of carboxylic acid groups (broad SMARTS) is 1. The van der Waals surface area contributed by atoms with Crippen LogP contribution >= 0.6 is 0 Å². The van der Waals surface area contributed by atoms with Crippen molar-refractivity contribution in [1.29, 1.82) is 0 Å². The number of hydrogen-bond acceptors (Lipinski definition) is 1. The highest BCUT2D eigenvalue weighted by Gasteiger charge is 2.01. The Morgan fingerprint density at radius 1 is 1.06 bits per heavy atom. The van der Waals surface area contributed by atoms with Gasteiger partial charge in [0, 0.05) is 12.0 Å². The van der Waals surface area contributed by atoms with Crippen molar-refractivity contribution in [2.75, 3.05) is 0 Å². The van der Waals surface area contributed by atoms with E-state index in [4.69, 9.17) is 5.11 Å². The molecule has 2 aromatic carbocycles. The van der Waals surface area contributed by atoms with Crippen LogP contribution in [0.15, 0.2) is 54.6 Å². The molecule has 0 saturated heterocycles. The van der Waals surface area contributed by atoms with Crippen LogP contribution in [-0.2, 0) is 4.79 Å². The molecule has 2 rings (SSSR count). The standard InChI is InChI=1S/C12H9F.C3H6O2/c13-12-9-5-4-8-11(12)10-6-2-1-3-7-10;1-2-3(4)5/h1-9H;2H2,1H3,(H,4,5). The van der Waals surface area contributed by atoms with Crippen LogP contribution in [0.5, 0.6) is 0 Å². The third-order valence-corrected chi connectivity index (χ3v) is 2.26. The Balaban J connectivity index is 0.000000280. The Morgan fingerprint density at radius 3 is 2.06 bits per heavy atom. The van der Waals surface area contributed by atoms with Crippen molar-refractivity contribution in [1.82, 2.24) is 0 Å². The minimum absolute atomic E-state index is 0.172. The lowest BCUT2D eigenvalue weighted by atomic mass is 10.1. The van der Waals surface area contributed by atoms with Gasteiger partial charge in [0.1, 0.15) is 5.82 Å². The second-order valence-electron chi connectivity index (χ2n) is 3.59. The molecule has 0 unspecified atom stereocenters. The minimum atomic E-state index is -0.745. The SMILES string of the molecule is CCC(=O)O.Fc1ccccc1-c1ccccc1. The normalized spacial score (nSPS) is 9.22. The molecule has 2 aromatic rings. The van der Waals surface area contributed by atoms with E-state index in [1.807, 2.05) is 36.4 Å². The summed E-state index contributed by atoms with van der Waals surface area (Å²) in [5.41, 5.74) is 1.57. The highest BCUT2D eigenvalue weighted by atomic mass is 19.1. The molecule has 0 fully saturated rings. The van der Waals surface area contributed by atoms with Crippen molar-refractivity contribution in [2.45, 2.75) is 13.3 Å². The molecule has 0 atom stereocenters. The number of carbonyl (C=O) groups is 1. The molecule has 0 radical (unpaired) electrons. The summed E-state index contributed by atoms with van der Waals surface area (Å²) in [7, 11) is 0. The first-order chi connectivity index (χ1) is 8.65. The predicted molar refractivity (Wildman–Crippen MR) is 69.8 cm³/mol. The van der Waals surface area contributed by atoms with Crippen LogP contribution in [0.1, 0.15) is 13.3 Å². The highest BCUT2D eigenvalue weighted by Crippen LogP contribution is 2.21. The minimum Gasteiger partial charge on any atom is -0.481 e. The maximum atomic E-state index is 13.3. The van der Waals surface area contributed by atoms with Crippen molar-refractivity contribution in [3.8, 4) is 11.1 Å². The first-order valence-electron chi connectivity index (χ1n) is 5.67. The fraction of sp³-hybridized carbons (Fsp3) is 0.133. The van der Waals surface area contributed by atoms with Gasteiger partial charge >= 0.3 is 5.97 Å². The monoisotopic (exact) mass is 246 g/mol. The molecular formula is C15H15FO2. The summed E-state index contributed by atoms with van der Waals surface area (Å²) in [6, 6.07) is 16.3. The molecule has 18 heavy (non-hydrogen) atoms. The van der Waals surface area contributed by atoms with Crippen LogP contribution in [0.2, 0.25) is 0 Å². The molecule has 2 nitrogen and oxygen atoms in total. The van der Waals surface area contributed by atoms with Crippen LogP contribution < -0.4 is 0 Å². The molecular weight excluding hydrogens is 231 g/mol. The molecule has 0 bridgehead atoms. The van der Waals surface area contributed by atoms with E-state index in [1.54, 1.807) is 19.1 Å². The molecule has 0 amide bonds. The van der Waals surface area contributed by atoms with Crippen molar-refractivity contribution in [3.05, 3.63) is 60.4 Å². The zero-order valence-electron chi connectivity index (χ0n) is 10.1. The summed E-state index contributed by atoms with van der Waals surface area (Å²) in [5, 5.41) is 7.72. The lowest BCUT2D eigenvalue weighted by molar-refractivity contribution is -0.136. The van der Waals surface area contributed by atoms with Gasteiger partial charge in [-0.3, -0.25) is 4.79 Å². The van der Waals surface area contributed by atoms with Gasteiger partial charge in [0.05, 0.1) is 0 Å². The van der Waals surface area contributed by atoms with Crippen LogP contribution in [0.25, 0.3) is 11.1 Å². The molecule has 1 N–H and O–H groups in total. The molecule has 0 heterocycles. The maximum absolute atomic E-state index is 13.3.